The van der Waals surface area contributed by atoms with Crippen molar-refractivity contribution in [2.75, 3.05) is 11.4 Å². The zero-order chi connectivity index (χ0) is 13.7. The number of benzene rings is 1. The zero-order valence-electron chi connectivity index (χ0n) is 11.6. The fraction of sp³-hybridized carbons (Fsp3) is 0.312. The molecule has 0 aliphatic heterocycles. The fourth-order valence-electron chi connectivity index (χ4n) is 2.30. The summed E-state index contributed by atoms with van der Waals surface area (Å²) in [5.41, 5.74) is 10.8. The van der Waals surface area contributed by atoms with Crippen LogP contribution in [0.3, 0.4) is 0 Å². The van der Waals surface area contributed by atoms with E-state index in [9.17, 15) is 0 Å². The molecule has 0 amide bonds. The summed E-state index contributed by atoms with van der Waals surface area (Å²) in [6.45, 7) is 6.70. The molecule has 0 aliphatic carbocycles. The highest BCUT2D eigenvalue weighted by Gasteiger charge is 2.09. The van der Waals surface area contributed by atoms with Gasteiger partial charge in [0, 0.05) is 37.7 Å². The molecule has 0 spiro atoms. The van der Waals surface area contributed by atoms with Crippen molar-refractivity contribution in [3.63, 3.8) is 0 Å². The molecular formula is C16H21N3. The summed E-state index contributed by atoms with van der Waals surface area (Å²) in [6.07, 6.45) is 3.76. The molecule has 3 heteroatoms. The Labute approximate surface area is 115 Å². The lowest BCUT2D eigenvalue weighted by atomic mass is 10.1. The van der Waals surface area contributed by atoms with Gasteiger partial charge in [-0.1, -0.05) is 24.3 Å². The molecule has 1 aromatic heterocycles. The van der Waals surface area contributed by atoms with Gasteiger partial charge in [-0.05, 0) is 36.6 Å². The maximum atomic E-state index is 5.81. The van der Waals surface area contributed by atoms with Crippen LogP contribution in [0.5, 0.6) is 0 Å². The summed E-state index contributed by atoms with van der Waals surface area (Å²) in [5, 5.41) is 0. The van der Waals surface area contributed by atoms with E-state index in [4.69, 9.17) is 5.73 Å². The Morgan fingerprint density at radius 1 is 1.16 bits per heavy atom. The van der Waals surface area contributed by atoms with Gasteiger partial charge in [0.1, 0.15) is 0 Å². The van der Waals surface area contributed by atoms with Crippen LogP contribution >= 0.6 is 0 Å². The summed E-state index contributed by atoms with van der Waals surface area (Å²) in [6, 6.07) is 10.4. The molecule has 0 aliphatic rings. The lowest BCUT2D eigenvalue weighted by molar-refractivity contribution is 0.814. The predicted octanol–water partition coefficient (Wildman–Crippen LogP) is 2.88. The van der Waals surface area contributed by atoms with Gasteiger partial charge in [0.05, 0.1) is 0 Å². The third-order valence-electron chi connectivity index (χ3n) is 3.41. The van der Waals surface area contributed by atoms with Gasteiger partial charge in [-0.25, -0.2) is 0 Å². The molecule has 0 unspecified atom stereocenters. The molecule has 0 fully saturated rings. The number of hydrogen-bond acceptors (Lipinski definition) is 3. The molecule has 0 saturated carbocycles. The standard InChI is InChI=1S/C16H21N3/c1-3-19(16-8-9-18-11-13(16)2)12-15-7-5-4-6-14(15)10-17/h4-9,11H,3,10,12,17H2,1-2H3. The Hall–Kier alpha value is -1.87. The molecule has 100 valence electrons. The highest BCUT2D eigenvalue weighted by atomic mass is 15.1. The lowest BCUT2D eigenvalue weighted by Gasteiger charge is -2.25. The number of anilines is 1. The van der Waals surface area contributed by atoms with Crippen molar-refractivity contribution < 1.29 is 0 Å². The molecule has 0 atom stereocenters. The highest BCUT2D eigenvalue weighted by molar-refractivity contribution is 5.52. The molecule has 2 aromatic rings. The molecule has 0 saturated heterocycles. The number of nitrogens with zero attached hydrogens (tertiary/aromatic N) is 2. The van der Waals surface area contributed by atoms with Crippen molar-refractivity contribution in [2.24, 2.45) is 5.73 Å². The second kappa shape index (κ2) is 6.34. The van der Waals surface area contributed by atoms with Crippen LogP contribution < -0.4 is 10.6 Å². The Morgan fingerprint density at radius 2 is 1.89 bits per heavy atom. The second-order valence-corrected chi connectivity index (χ2v) is 4.65. The van der Waals surface area contributed by atoms with Gasteiger partial charge in [-0.15, -0.1) is 0 Å². The second-order valence-electron chi connectivity index (χ2n) is 4.65. The predicted molar refractivity (Wildman–Crippen MR) is 80.0 cm³/mol. The van der Waals surface area contributed by atoms with Crippen molar-refractivity contribution in [1.29, 1.82) is 0 Å². The van der Waals surface area contributed by atoms with E-state index in [1.54, 1.807) is 0 Å². The Balaban J connectivity index is 2.27. The first-order chi connectivity index (χ1) is 9.26. The quantitative estimate of drug-likeness (QED) is 0.893. The van der Waals surface area contributed by atoms with Crippen LogP contribution in [0.4, 0.5) is 5.69 Å². The normalized spacial score (nSPS) is 10.5. The average molecular weight is 255 g/mol. The summed E-state index contributed by atoms with van der Waals surface area (Å²) >= 11 is 0. The summed E-state index contributed by atoms with van der Waals surface area (Å²) in [5.74, 6) is 0. The first-order valence-electron chi connectivity index (χ1n) is 6.68. The van der Waals surface area contributed by atoms with Gasteiger partial charge in [-0.2, -0.15) is 0 Å². The highest BCUT2D eigenvalue weighted by Crippen LogP contribution is 2.21. The van der Waals surface area contributed by atoms with Gasteiger partial charge in [0.2, 0.25) is 0 Å². The molecule has 0 radical (unpaired) electrons. The van der Waals surface area contributed by atoms with Crippen LogP contribution in [0.1, 0.15) is 23.6 Å². The molecular weight excluding hydrogens is 234 g/mol. The van der Waals surface area contributed by atoms with Crippen molar-refractivity contribution in [2.45, 2.75) is 26.9 Å². The average Bonchev–Trinajstić information content (AvgIpc) is 2.46. The van der Waals surface area contributed by atoms with E-state index in [0.717, 1.165) is 13.1 Å². The molecule has 2 rings (SSSR count). The molecule has 19 heavy (non-hydrogen) atoms. The number of nitrogens with two attached hydrogens (primary N) is 1. The zero-order valence-corrected chi connectivity index (χ0v) is 11.6. The van der Waals surface area contributed by atoms with E-state index in [1.165, 1.54) is 22.4 Å². The van der Waals surface area contributed by atoms with Gasteiger partial charge in [0.25, 0.3) is 0 Å². The minimum Gasteiger partial charge on any atom is -0.367 e. The molecule has 3 nitrogen and oxygen atoms in total. The van der Waals surface area contributed by atoms with Crippen LogP contribution in [0.25, 0.3) is 0 Å². The number of aromatic nitrogens is 1. The fourth-order valence-corrected chi connectivity index (χ4v) is 2.30. The topological polar surface area (TPSA) is 42.1 Å². The summed E-state index contributed by atoms with van der Waals surface area (Å²) in [4.78, 5) is 6.51. The molecule has 1 heterocycles. The van der Waals surface area contributed by atoms with E-state index >= 15 is 0 Å². The maximum Gasteiger partial charge on any atom is 0.0432 e. The van der Waals surface area contributed by atoms with Gasteiger partial charge < -0.3 is 10.6 Å². The maximum absolute atomic E-state index is 5.81. The van der Waals surface area contributed by atoms with Crippen LogP contribution in [-0.2, 0) is 13.1 Å². The smallest absolute Gasteiger partial charge is 0.0432 e. The number of pyridine rings is 1. The SMILES string of the molecule is CCN(Cc1ccccc1CN)c1ccncc1C. The van der Waals surface area contributed by atoms with E-state index in [1.807, 2.05) is 18.5 Å². The third-order valence-corrected chi connectivity index (χ3v) is 3.41. The van der Waals surface area contributed by atoms with Crippen LogP contribution in [-0.4, -0.2) is 11.5 Å². The van der Waals surface area contributed by atoms with Crippen molar-refractivity contribution >= 4 is 5.69 Å². The largest absolute Gasteiger partial charge is 0.367 e. The molecule has 1 aromatic carbocycles. The third kappa shape index (κ3) is 3.12. The van der Waals surface area contributed by atoms with Gasteiger partial charge >= 0.3 is 0 Å². The minimum atomic E-state index is 0.586. The number of aryl methyl sites for hydroxylation is 1. The number of rotatable bonds is 5. The summed E-state index contributed by atoms with van der Waals surface area (Å²) in [7, 11) is 0. The lowest BCUT2D eigenvalue weighted by Crippen LogP contribution is -2.24. The van der Waals surface area contributed by atoms with E-state index in [2.05, 4.69) is 48.0 Å². The van der Waals surface area contributed by atoms with Gasteiger partial charge in [-0.3, -0.25) is 4.98 Å². The first-order valence-corrected chi connectivity index (χ1v) is 6.68. The Bertz CT molecular complexity index is 537. The van der Waals surface area contributed by atoms with E-state index in [0.29, 0.717) is 6.54 Å². The van der Waals surface area contributed by atoms with Crippen LogP contribution in [0.2, 0.25) is 0 Å². The van der Waals surface area contributed by atoms with Gasteiger partial charge in [0.15, 0.2) is 0 Å². The summed E-state index contributed by atoms with van der Waals surface area (Å²) < 4.78 is 0. The Morgan fingerprint density at radius 3 is 2.53 bits per heavy atom. The van der Waals surface area contributed by atoms with Crippen molar-refractivity contribution in [3.8, 4) is 0 Å². The van der Waals surface area contributed by atoms with E-state index in [-0.39, 0.29) is 0 Å². The van der Waals surface area contributed by atoms with Crippen molar-refractivity contribution in [3.05, 3.63) is 59.4 Å². The first kappa shape index (κ1) is 13.6. The van der Waals surface area contributed by atoms with Crippen LogP contribution in [0, 0.1) is 6.92 Å². The molecule has 2 N–H and O–H groups in total. The minimum absolute atomic E-state index is 0.586. The Kier molecular flexibility index (Phi) is 4.53. The monoisotopic (exact) mass is 255 g/mol. The van der Waals surface area contributed by atoms with Crippen molar-refractivity contribution in [1.82, 2.24) is 4.98 Å². The van der Waals surface area contributed by atoms with Crippen LogP contribution in [0.15, 0.2) is 42.7 Å². The number of hydrogen-bond donors (Lipinski definition) is 1. The molecule has 0 bridgehead atoms. The van der Waals surface area contributed by atoms with E-state index < -0.39 is 0 Å².